The molecule has 1 fully saturated rings. The molecule has 0 spiro atoms. The quantitative estimate of drug-likeness (QED) is 0.900. The molecule has 0 amide bonds. The van der Waals surface area contributed by atoms with Crippen LogP contribution >= 0.6 is 0 Å². The zero-order valence-corrected chi connectivity index (χ0v) is 13.2. The second-order valence-electron chi connectivity index (χ2n) is 6.74. The molecule has 3 heteroatoms. The summed E-state index contributed by atoms with van der Waals surface area (Å²) in [6, 6.07) is 8.89. The Labute approximate surface area is 123 Å². The van der Waals surface area contributed by atoms with E-state index in [4.69, 9.17) is 10.5 Å². The van der Waals surface area contributed by atoms with E-state index in [-0.39, 0.29) is 11.6 Å². The lowest BCUT2D eigenvalue weighted by Crippen LogP contribution is -2.49. The van der Waals surface area contributed by atoms with Crippen molar-refractivity contribution in [2.75, 3.05) is 13.7 Å². The van der Waals surface area contributed by atoms with Crippen LogP contribution in [0.1, 0.15) is 51.6 Å². The Bertz CT molecular complexity index is 422. The summed E-state index contributed by atoms with van der Waals surface area (Å²) in [6.45, 7) is 7.96. The van der Waals surface area contributed by atoms with Gasteiger partial charge >= 0.3 is 0 Å². The topological polar surface area (TPSA) is 38.5 Å². The van der Waals surface area contributed by atoms with Crippen LogP contribution in [0.5, 0.6) is 5.75 Å². The molecule has 20 heavy (non-hydrogen) atoms. The second kappa shape index (κ2) is 6.15. The van der Waals surface area contributed by atoms with Crippen LogP contribution in [0.25, 0.3) is 0 Å². The second-order valence-corrected chi connectivity index (χ2v) is 6.74. The lowest BCUT2D eigenvalue weighted by Gasteiger charge is -2.43. The zero-order valence-electron chi connectivity index (χ0n) is 13.2. The van der Waals surface area contributed by atoms with E-state index in [0.29, 0.717) is 6.04 Å². The Morgan fingerprint density at radius 2 is 1.80 bits per heavy atom. The van der Waals surface area contributed by atoms with Crippen LogP contribution in [0, 0.1) is 0 Å². The molecule has 0 aromatic heterocycles. The zero-order chi connectivity index (χ0) is 14.8. The maximum absolute atomic E-state index is 6.50. The Morgan fingerprint density at radius 3 is 2.35 bits per heavy atom. The van der Waals surface area contributed by atoms with Crippen molar-refractivity contribution in [1.29, 1.82) is 0 Å². The predicted octanol–water partition coefficient (Wildman–Crippen LogP) is 3.35. The minimum absolute atomic E-state index is 0.132. The molecule has 2 N–H and O–H groups in total. The number of nitrogens with two attached hydrogens (primary N) is 1. The maximum atomic E-state index is 6.50. The first kappa shape index (κ1) is 15.3. The summed E-state index contributed by atoms with van der Waals surface area (Å²) in [5, 5.41) is 0. The molecule has 1 heterocycles. The van der Waals surface area contributed by atoms with Gasteiger partial charge in [0.05, 0.1) is 13.2 Å². The summed E-state index contributed by atoms with van der Waals surface area (Å²) in [7, 11) is 1.70. The van der Waals surface area contributed by atoms with Crippen LogP contribution in [-0.4, -0.2) is 30.1 Å². The first-order valence-corrected chi connectivity index (χ1v) is 7.60. The molecule has 0 radical (unpaired) electrons. The normalized spacial score (nSPS) is 25.2. The molecule has 2 rings (SSSR count). The van der Waals surface area contributed by atoms with Gasteiger partial charge in [-0.3, -0.25) is 4.90 Å². The van der Waals surface area contributed by atoms with Crippen molar-refractivity contribution < 1.29 is 4.74 Å². The van der Waals surface area contributed by atoms with Gasteiger partial charge in [-0.25, -0.2) is 0 Å². The molecule has 112 valence electrons. The number of nitrogens with zero attached hydrogens (tertiary/aromatic N) is 1. The molecule has 1 aromatic rings. The monoisotopic (exact) mass is 276 g/mol. The number of likely N-dealkylation sites (tertiary alicyclic amines) is 1. The summed E-state index contributed by atoms with van der Waals surface area (Å²) >= 11 is 0. The van der Waals surface area contributed by atoms with Crippen molar-refractivity contribution in [1.82, 2.24) is 4.90 Å². The summed E-state index contributed by atoms with van der Waals surface area (Å²) in [5.74, 6) is 0.901. The van der Waals surface area contributed by atoms with Gasteiger partial charge in [0.15, 0.2) is 0 Å². The molecule has 1 aliphatic heterocycles. The van der Waals surface area contributed by atoms with E-state index in [1.807, 2.05) is 12.1 Å². The average Bonchev–Trinajstić information content (AvgIpc) is 2.60. The number of rotatable bonds is 2. The Morgan fingerprint density at radius 1 is 1.15 bits per heavy atom. The van der Waals surface area contributed by atoms with Gasteiger partial charge < -0.3 is 10.5 Å². The van der Waals surface area contributed by atoms with Gasteiger partial charge in [0.25, 0.3) is 0 Å². The van der Waals surface area contributed by atoms with Gasteiger partial charge in [-0.05, 0) is 57.9 Å². The van der Waals surface area contributed by atoms with Crippen molar-refractivity contribution in [3.05, 3.63) is 29.8 Å². The highest BCUT2D eigenvalue weighted by atomic mass is 16.5. The number of hydrogen-bond donors (Lipinski definition) is 1. The third-order valence-corrected chi connectivity index (χ3v) is 4.25. The molecule has 2 unspecified atom stereocenters. The lowest BCUT2D eigenvalue weighted by atomic mass is 9.92. The van der Waals surface area contributed by atoms with E-state index in [9.17, 15) is 0 Å². The van der Waals surface area contributed by atoms with Gasteiger partial charge in [0.1, 0.15) is 5.75 Å². The third kappa shape index (κ3) is 3.33. The first-order valence-electron chi connectivity index (χ1n) is 7.60. The highest BCUT2D eigenvalue weighted by Gasteiger charge is 2.34. The summed E-state index contributed by atoms with van der Waals surface area (Å²) in [6.07, 6.45) is 3.56. The fourth-order valence-corrected chi connectivity index (χ4v) is 3.17. The van der Waals surface area contributed by atoms with E-state index in [0.717, 1.165) is 18.7 Å². The molecule has 0 saturated carbocycles. The average molecular weight is 276 g/mol. The van der Waals surface area contributed by atoms with Gasteiger partial charge in [-0.15, -0.1) is 0 Å². The molecule has 1 aliphatic rings. The van der Waals surface area contributed by atoms with Crippen molar-refractivity contribution in [2.24, 2.45) is 5.73 Å². The number of ether oxygens (including phenoxy) is 1. The van der Waals surface area contributed by atoms with E-state index in [2.05, 4.69) is 37.8 Å². The van der Waals surface area contributed by atoms with Crippen LogP contribution < -0.4 is 10.5 Å². The highest BCUT2D eigenvalue weighted by molar-refractivity contribution is 5.30. The van der Waals surface area contributed by atoms with Crippen molar-refractivity contribution >= 4 is 0 Å². The van der Waals surface area contributed by atoms with Crippen molar-refractivity contribution in [3.8, 4) is 5.75 Å². The van der Waals surface area contributed by atoms with Gasteiger partial charge in [-0.1, -0.05) is 18.6 Å². The van der Waals surface area contributed by atoms with Crippen molar-refractivity contribution in [3.63, 3.8) is 0 Å². The molecular weight excluding hydrogens is 248 g/mol. The fourth-order valence-electron chi connectivity index (χ4n) is 3.17. The van der Waals surface area contributed by atoms with E-state index in [1.54, 1.807) is 7.11 Å². The minimum atomic E-state index is 0.132. The molecule has 0 aliphatic carbocycles. The van der Waals surface area contributed by atoms with Crippen LogP contribution in [0.4, 0.5) is 0 Å². The van der Waals surface area contributed by atoms with Crippen LogP contribution in [0.2, 0.25) is 0 Å². The molecule has 1 saturated heterocycles. The van der Waals surface area contributed by atoms with E-state index >= 15 is 0 Å². The Balaban J connectivity index is 2.34. The summed E-state index contributed by atoms with van der Waals surface area (Å²) < 4.78 is 5.26. The lowest BCUT2D eigenvalue weighted by molar-refractivity contribution is 0.0755. The highest BCUT2D eigenvalue weighted by Crippen LogP contribution is 2.35. The van der Waals surface area contributed by atoms with E-state index < -0.39 is 0 Å². The smallest absolute Gasteiger partial charge is 0.118 e. The number of benzene rings is 1. The fraction of sp³-hybridized carbons (Fsp3) is 0.647. The first-order chi connectivity index (χ1) is 9.43. The van der Waals surface area contributed by atoms with Crippen LogP contribution in [0.3, 0.4) is 0 Å². The molecule has 0 bridgehead atoms. The van der Waals surface area contributed by atoms with Crippen LogP contribution in [-0.2, 0) is 0 Å². The van der Waals surface area contributed by atoms with Crippen molar-refractivity contribution in [2.45, 2.75) is 57.7 Å². The Hall–Kier alpha value is -1.06. The van der Waals surface area contributed by atoms with E-state index in [1.165, 1.54) is 18.4 Å². The number of methoxy groups -OCH3 is 1. The summed E-state index contributed by atoms with van der Waals surface area (Å²) in [4.78, 5) is 2.56. The largest absolute Gasteiger partial charge is 0.497 e. The Kier molecular flexibility index (Phi) is 4.71. The third-order valence-electron chi connectivity index (χ3n) is 4.25. The molecule has 1 aromatic carbocycles. The molecule has 2 atom stereocenters. The standard InChI is InChI=1S/C17H28N2O/c1-17(2,3)19-12-6-5-7-15(18)16(19)13-8-10-14(20-4)11-9-13/h8-11,15-16H,5-7,12,18H2,1-4H3. The predicted molar refractivity (Wildman–Crippen MR) is 84.0 cm³/mol. The van der Waals surface area contributed by atoms with Gasteiger partial charge in [0, 0.05) is 11.6 Å². The minimum Gasteiger partial charge on any atom is -0.497 e. The maximum Gasteiger partial charge on any atom is 0.118 e. The molecule has 3 nitrogen and oxygen atoms in total. The van der Waals surface area contributed by atoms with Gasteiger partial charge in [-0.2, -0.15) is 0 Å². The van der Waals surface area contributed by atoms with Gasteiger partial charge in [0.2, 0.25) is 0 Å². The SMILES string of the molecule is COc1ccc(C2C(N)CCCCN2C(C)(C)C)cc1. The molecular formula is C17H28N2O. The number of hydrogen-bond acceptors (Lipinski definition) is 3. The van der Waals surface area contributed by atoms with Crippen LogP contribution in [0.15, 0.2) is 24.3 Å². The summed E-state index contributed by atoms with van der Waals surface area (Å²) in [5.41, 5.74) is 7.93.